The summed E-state index contributed by atoms with van der Waals surface area (Å²) in [6.45, 7) is 8.11. The van der Waals surface area contributed by atoms with Crippen LogP contribution in [0.25, 0.3) is 11.4 Å². The third-order valence-corrected chi connectivity index (χ3v) is 5.89. The van der Waals surface area contributed by atoms with Gasteiger partial charge in [-0.05, 0) is 73.0 Å². The minimum Gasteiger partial charge on any atom is -0.489 e. The summed E-state index contributed by atoms with van der Waals surface area (Å²) in [4.78, 5) is 12.4. The third kappa shape index (κ3) is 4.09. The monoisotopic (exact) mass is 461 g/mol. The summed E-state index contributed by atoms with van der Waals surface area (Å²) in [7, 11) is 1.57. The molecule has 0 bridgehead atoms. The Balaban J connectivity index is 1.64. The smallest absolute Gasteiger partial charge is 0.368 e. The highest BCUT2D eigenvalue weighted by Crippen LogP contribution is 2.26. The molecule has 10 heteroatoms. The molecule has 0 aliphatic carbocycles. The molecule has 0 unspecified atom stereocenters. The van der Waals surface area contributed by atoms with Crippen molar-refractivity contribution < 1.29 is 9.94 Å². The van der Waals surface area contributed by atoms with E-state index in [1.807, 2.05) is 61.9 Å². The van der Waals surface area contributed by atoms with E-state index < -0.39 is 0 Å². The highest BCUT2D eigenvalue weighted by molar-refractivity contribution is 5.82. The molecule has 0 spiro atoms. The number of benzene rings is 2. The minimum atomic E-state index is -0.314. The van der Waals surface area contributed by atoms with Crippen molar-refractivity contribution in [3.05, 3.63) is 80.5 Å². The van der Waals surface area contributed by atoms with Gasteiger partial charge in [-0.2, -0.15) is 14.5 Å². The first-order chi connectivity index (χ1) is 16.3. The van der Waals surface area contributed by atoms with Gasteiger partial charge in [-0.15, -0.1) is 0 Å². The minimum absolute atomic E-state index is 0.277. The maximum atomic E-state index is 12.4. The number of ether oxygens (including phenoxy) is 1. The Morgan fingerprint density at radius 2 is 1.91 bits per heavy atom. The van der Waals surface area contributed by atoms with Crippen LogP contribution < -0.4 is 10.4 Å². The molecule has 4 rings (SSSR count). The lowest BCUT2D eigenvalue weighted by molar-refractivity contribution is 0.302. The molecule has 0 amide bonds. The number of aromatic nitrogens is 6. The summed E-state index contributed by atoms with van der Waals surface area (Å²) in [5.74, 6) is 0.728. The van der Waals surface area contributed by atoms with Gasteiger partial charge in [0, 0.05) is 18.2 Å². The van der Waals surface area contributed by atoms with Crippen molar-refractivity contribution in [1.82, 2.24) is 29.6 Å². The van der Waals surface area contributed by atoms with Gasteiger partial charge in [0.15, 0.2) is 0 Å². The number of hydrogen-bond donors (Lipinski definition) is 1. The first kappa shape index (κ1) is 23.0. The molecule has 0 saturated heterocycles. The molecule has 0 aliphatic rings. The Bertz CT molecular complexity index is 1430. The van der Waals surface area contributed by atoms with Crippen LogP contribution in [0, 0.1) is 20.8 Å². The summed E-state index contributed by atoms with van der Waals surface area (Å²) >= 11 is 0. The maximum absolute atomic E-state index is 12.4. The Morgan fingerprint density at radius 3 is 2.56 bits per heavy atom. The second kappa shape index (κ2) is 9.34. The molecule has 34 heavy (non-hydrogen) atoms. The van der Waals surface area contributed by atoms with Gasteiger partial charge in [0.1, 0.15) is 12.4 Å². The number of aryl methyl sites for hydroxylation is 4. The predicted octanol–water partition coefficient (Wildman–Crippen LogP) is 3.03. The first-order valence-corrected chi connectivity index (χ1v) is 10.9. The molecule has 0 fully saturated rings. The average molecular weight is 462 g/mol. The molecule has 1 N–H and O–H groups in total. The number of nitrogens with zero attached hydrogens (tertiary/aromatic N) is 7. The second-order valence-electron chi connectivity index (χ2n) is 8.04. The fourth-order valence-electron chi connectivity index (χ4n) is 4.01. The summed E-state index contributed by atoms with van der Waals surface area (Å²) < 4.78 is 10.5. The summed E-state index contributed by atoms with van der Waals surface area (Å²) in [5.41, 5.74) is 6.56. The maximum Gasteiger partial charge on any atom is 0.368 e. The van der Waals surface area contributed by atoms with Gasteiger partial charge in [0.05, 0.1) is 29.0 Å². The van der Waals surface area contributed by atoms with Gasteiger partial charge in [-0.25, -0.2) is 9.48 Å². The van der Waals surface area contributed by atoms with E-state index in [9.17, 15) is 4.79 Å². The molecule has 0 saturated carbocycles. The number of tetrazole rings is 1. The SMILES string of the molecule is CCc1cccc(-n2nnn(C)c2=O)c1COc1ccc(-n2nc(C)c(C=NO)c2C)cc1C. The Morgan fingerprint density at radius 1 is 1.12 bits per heavy atom. The van der Waals surface area contributed by atoms with Gasteiger partial charge in [-0.1, -0.05) is 24.2 Å². The Kier molecular flexibility index (Phi) is 6.31. The average Bonchev–Trinajstić information content (AvgIpc) is 3.31. The van der Waals surface area contributed by atoms with Crippen molar-refractivity contribution in [2.24, 2.45) is 12.2 Å². The van der Waals surface area contributed by atoms with Gasteiger partial charge in [0.25, 0.3) is 0 Å². The van der Waals surface area contributed by atoms with Crippen LogP contribution in [0.4, 0.5) is 0 Å². The van der Waals surface area contributed by atoms with Gasteiger partial charge >= 0.3 is 5.69 Å². The molecule has 4 aromatic rings. The molecular formula is C24H27N7O3. The van der Waals surface area contributed by atoms with Crippen LogP contribution in [0.5, 0.6) is 5.75 Å². The van der Waals surface area contributed by atoms with E-state index in [-0.39, 0.29) is 12.3 Å². The van der Waals surface area contributed by atoms with Crippen molar-refractivity contribution in [2.45, 2.75) is 40.7 Å². The van der Waals surface area contributed by atoms with Gasteiger partial charge in [-0.3, -0.25) is 0 Å². The van der Waals surface area contributed by atoms with Crippen LogP contribution in [0.15, 0.2) is 46.3 Å². The second-order valence-corrected chi connectivity index (χ2v) is 8.04. The topological polar surface area (TPSA) is 112 Å². The lowest BCUT2D eigenvalue weighted by Gasteiger charge is -2.16. The van der Waals surface area contributed by atoms with E-state index in [1.54, 1.807) is 7.05 Å². The number of oxime groups is 1. The lowest BCUT2D eigenvalue weighted by atomic mass is 10.0. The fourth-order valence-corrected chi connectivity index (χ4v) is 4.01. The lowest BCUT2D eigenvalue weighted by Crippen LogP contribution is -2.23. The van der Waals surface area contributed by atoms with E-state index in [2.05, 4.69) is 27.6 Å². The molecule has 2 aromatic heterocycles. The molecule has 0 radical (unpaired) electrons. The molecule has 2 aromatic carbocycles. The summed E-state index contributed by atoms with van der Waals surface area (Å²) in [5, 5.41) is 24.5. The van der Waals surface area contributed by atoms with Crippen LogP contribution >= 0.6 is 0 Å². The van der Waals surface area contributed by atoms with Crippen LogP contribution in [-0.4, -0.2) is 41.0 Å². The Labute approximate surface area is 196 Å². The Hall–Kier alpha value is -4.21. The van der Waals surface area contributed by atoms with E-state index in [0.29, 0.717) is 5.69 Å². The molecule has 0 aliphatic heterocycles. The van der Waals surface area contributed by atoms with Crippen molar-refractivity contribution in [3.63, 3.8) is 0 Å². The highest BCUT2D eigenvalue weighted by atomic mass is 16.5. The molecule has 176 valence electrons. The van der Waals surface area contributed by atoms with Crippen LogP contribution in [-0.2, 0) is 20.1 Å². The largest absolute Gasteiger partial charge is 0.489 e. The standard InChI is InChI=1S/C24H27N7O3/c1-6-18-8-7-9-22(31-24(32)29(5)27-28-31)21(18)14-34-23-11-10-19(12-15(23)2)30-17(4)20(13-25-33)16(3)26-30/h7-13,33H,6,14H2,1-5H3. The van der Waals surface area contributed by atoms with Gasteiger partial charge < -0.3 is 9.94 Å². The van der Waals surface area contributed by atoms with Crippen molar-refractivity contribution in [2.75, 3.05) is 0 Å². The predicted molar refractivity (Wildman–Crippen MR) is 127 cm³/mol. The zero-order valence-corrected chi connectivity index (χ0v) is 19.8. The molecule has 0 atom stereocenters. The van der Waals surface area contributed by atoms with E-state index in [4.69, 9.17) is 9.94 Å². The normalized spacial score (nSPS) is 11.4. The highest BCUT2D eigenvalue weighted by Gasteiger charge is 2.16. The van der Waals surface area contributed by atoms with Crippen LogP contribution in [0.1, 0.15) is 40.6 Å². The quantitative estimate of drug-likeness (QED) is 0.257. The first-order valence-electron chi connectivity index (χ1n) is 10.9. The van der Waals surface area contributed by atoms with E-state index >= 15 is 0 Å². The van der Waals surface area contributed by atoms with Crippen LogP contribution in [0.2, 0.25) is 0 Å². The molecule has 2 heterocycles. The molecular weight excluding hydrogens is 434 g/mol. The summed E-state index contributed by atoms with van der Waals surface area (Å²) in [6.07, 6.45) is 2.18. The summed E-state index contributed by atoms with van der Waals surface area (Å²) in [6, 6.07) is 11.6. The zero-order valence-electron chi connectivity index (χ0n) is 19.8. The zero-order chi connectivity index (χ0) is 24.4. The van der Waals surface area contributed by atoms with E-state index in [0.717, 1.165) is 51.5 Å². The third-order valence-electron chi connectivity index (χ3n) is 5.89. The van der Waals surface area contributed by atoms with Gasteiger partial charge in [0.2, 0.25) is 0 Å². The van der Waals surface area contributed by atoms with Crippen molar-refractivity contribution >= 4 is 6.21 Å². The van der Waals surface area contributed by atoms with Crippen LogP contribution in [0.3, 0.4) is 0 Å². The number of hydrogen-bond acceptors (Lipinski definition) is 7. The number of rotatable bonds is 7. The van der Waals surface area contributed by atoms with Crippen molar-refractivity contribution in [1.29, 1.82) is 0 Å². The fraction of sp³-hybridized carbons (Fsp3) is 0.292. The van der Waals surface area contributed by atoms with E-state index in [1.165, 1.54) is 15.6 Å². The van der Waals surface area contributed by atoms with Crippen molar-refractivity contribution in [3.8, 4) is 17.1 Å². The molecule has 10 nitrogen and oxygen atoms in total.